The molecule has 1 aliphatic heterocycles. The largest absolute Gasteiger partial charge is 0.491 e. The fraction of sp³-hybridized carbons (Fsp3) is 0.619. The Kier molecular flexibility index (Phi) is 8.57. The molecular formula is C21H34N4O4. The summed E-state index contributed by atoms with van der Waals surface area (Å²) in [6, 6.07) is 8.04. The van der Waals surface area contributed by atoms with Crippen molar-refractivity contribution in [2.24, 2.45) is 4.99 Å². The summed E-state index contributed by atoms with van der Waals surface area (Å²) in [6.07, 6.45) is -0.273. The number of guanidine groups is 1. The average molecular weight is 407 g/mol. The molecule has 1 aromatic rings. The van der Waals surface area contributed by atoms with Gasteiger partial charge in [0.05, 0.1) is 19.2 Å². The molecule has 162 valence electrons. The van der Waals surface area contributed by atoms with Crippen molar-refractivity contribution in [1.29, 1.82) is 0 Å². The van der Waals surface area contributed by atoms with Crippen LogP contribution in [0.15, 0.2) is 29.3 Å². The highest BCUT2D eigenvalue weighted by Crippen LogP contribution is 2.15. The Balaban J connectivity index is 1.81. The molecule has 1 amide bonds. The van der Waals surface area contributed by atoms with Crippen LogP contribution in [0.5, 0.6) is 5.75 Å². The molecule has 2 N–H and O–H groups in total. The van der Waals surface area contributed by atoms with Gasteiger partial charge in [0.25, 0.3) is 0 Å². The summed E-state index contributed by atoms with van der Waals surface area (Å²) in [4.78, 5) is 18.4. The van der Waals surface area contributed by atoms with Crippen LogP contribution < -0.4 is 15.4 Å². The quantitative estimate of drug-likeness (QED) is 0.392. The minimum atomic E-state index is -0.476. The topological polar surface area (TPSA) is 84.4 Å². The lowest BCUT2D eigenvalue weighted by Gasteiger charge is -2.40. The van der Waals surface area contributed by atoms with E-state index >= 15 is 0 Å². The number of amides is 1. The first-order chi connectivity index (χ1) is 13.8. The number of carbonyl (C=O) groups is 1. The number of aliphatic imine (C=N–C) groups is 1. The molecule has 8 heteroatoms. The summed E-state index contributed by atoms with van der Waals surface area (Å²) in [5, 5.41) is 6.61. The van der Waals surface area contributed by atoms with Crippen LogP contribution in [0.1, 0.15) is 33.3 Å². The maximum Gasteiger partial charge on any atom is 0.410 e. The number of benzene rings is 1. The normalized spacial score (nSPS) is 14.9. The number of hydrogen-bond donors (Lipinski definition) is 2. The van der Waals surface area contributed by atoms with Gasteiger partial charge in [-0.15, -0.1) is 0 Å². The molecule has 0 aromatic heterocycles. The highest BCUT2D eigenvalue weighted by Gasteiger charge is 2.34. The molecule has 0 spiro atoms. The van der Waals surface area contributed by atoms with Gasteiger partial charge in [0.1, 0.15) is 18.0 Å². The highest BCUT2D eigenvalue weighted by atomic mass is 16.6. The van der Waals surface area contributed by atoms with E-state index in [1.807, 2.05) is 52.0 Å². The van der Waals surface area contributed by atoms with E-state index in [4.69, 9.17) is 14.2 Å². The van der Waals surface area contributed by atoms with E-state index in [2.05, 4.69) is 15.6 Å². The maximum absolute atomic E-state index is 12.0. The summed E-state index contributed by atoms with van der Waals surface area (Å²) in [5.41, 5.74) is 0.612. The molecule has 0 radical (unpaired) electrons. The molecule has 29 heavy (non-hydrogen) atoms. The van der Waals surface area contributed by atoms with Gasteiger partial charge in [-0.05, 0) is 45.4 Å². The summed E-state index contributed by atoms with van der Waals surface area (Å²) in [6.45, 7) is 11.3. The van der Waals surface area contributed by atoms with E-state index in [1.165, 1.54) is 0 Å². The van der Waals surface area contributed by atoms with Crippen molar-refractivity contribution in [2.75, 3.05) is 40.0 Å². The monoisotopic (exact) mass is 406 g/mol. The number of rotatable bonds is 8. The van der Waals surface area contributed by atoms with Crippen molar-refractivity contribution in [3.05, 3.63) is 29.8 Å². The predicted molar refractivity (Wildman–Crippen MR) is 113 cm³/mol. The van der Waals surface area contributed by atoms with E-state index in [0.717, 1.165) is 23.8 Å². The first kappa shape index (κ1) is 22.8. The lowest BCUT2D eigenvalue weighted by atomic mass is 10.1. The van der Waals surface area contributed by atoms with Gasteiger partial charge >= 0.3 is 6.09 Å². The van der Waals surface area contributed by atoms with Crippen molar-refractivity contribution < 1.29 is 19.0 Å². The summed E-state index contributed by atoms with van der Waals surface area (Å²) in [5.74, 6) is 1.55. The summed E-state index contributed by atoms with van der Waals surface area (Å²) in [7, 11) is 1.65. The number of likely N-dealkylation sites (tertiary alicyclic amines) is 1. The van der Waals surface area contributed by atoms with Crippen LogP contribution in [0.4, 0.5) is 4.79 Å². The van der Waals surface area contributed by atoms with Crippen molar-refractivity contribution in [3.8, 4) is 5.75 Å². The van der Waals surface area contributed by atoms with Crippen molar-refractivity contribution in [3.63, 3.8) is 0 Å². The standard InChI is InChI=1S/C21H34N4O4/c1-6-22-19(24-17-14-25(15-17)20(26)29-21(2,3)4)23-13-16-7-9-18(10-8-16)28-12-11-27-5/h7-10,17H,6,11-15H2,1-5H3,(H2,22,23,24). The molecule has 0 aliphatic carbocycles. The highest BCUT2D eigenvalue weighted by molar-refractivity contribution is 5.80. The van der Waals surface area contributed by atoms with Gasteiger partial charge in [-0.3, -0.25) is 0 Å². The minimum absolute atomic E-state index is 0.164. The first-order valence-corrected chi connectivity index (χ1v) is 10.0. The van der Waals surface area contributed by atoms with Crippen LogP contribution in [0.25, 0.3) is 0 Å². The molecular weight excluding hydrogens is 372 g/mol. The number of nitrogens with zero attached hydrogens (tertiary/aromatic N) is 2. The summed E-state index contributed by atoms with van der Waals surface area (Å²) < 4.78 is 15.9. The molecule has 1 fully saturated rings. The zero-order valence-electron chi connectivity index (χ0n) is 18.2. The lowest BCUT2D eigenvalue weighted by molar-refractivity contribution is 0.00700. The van der Waals surface area contributed by atoms with Crippen molar-refractivity contribution in [2.45, 2.75) is 45.9 Å². The van der Waals surface area contributed by atoms with Gasteiger partial charge in [0, 0.05) is 26.7 Å². The second kappa shape index (κ2) is 10.9. The van der Waals surface area contributed by atoms with Crippen LogP contribution in [0, 0.1) is 0 Å². The zero-order valence-corrected chi connectivity index (χ0v) is 18.2. The van der Waals surface area contributed by atoms with E-state index in [-0.39, 0.29) is 12.1 Å². The van der Waals surface area contributed by atoms with Gasteiger partial charge < -0.3 is 29.7 Å². The van der Waals surface area contributed by atoms with Gasteiger partial charge in [-0.2, -0.15) is 0 Å². The first-order valence-electron chi connectivity index (χ1n) is 10.0. The van der Waals surface area contributed by atoms with Crippen LogP contribution in [-0.4, -0.2) is 68.6 Å². The molecule has 8 nitrogen and oxygen atoms in total. The van der Waals surface area contributed by atoms with E-state index in [0.29, 0.717) is 32.8 Å². The molecule has 2 rings (SSSR count). The summed E-state index contributed by atoms with van der Waals surface area (Å²) >= 11 is 0. The lowest BCUT2D eigenvalue weighted by Crippen LogP contribution is -2.63. The zero-order chi connectivity index (χ0) is 21.3. The fourth-order valence-electron chi connectivity index (χ4n) is 2.66. The minimum Gasteiger partial charge on any atom is -0.491 e. The maximum atomic E-state index is 12.0. The van der Waals surface area contributed by atoms with Crippen LogP contribution in [-0.2, 0) is 16.0 Å². The number of carbonyl (C=O) groups excluding carboxylic acids is 1. The molecule has 1 aromatic carbocycles. The Hall–Kier alpha value is -2.48. The van der Waals surface area contributed by atoms with Crippen molar-refractivity contribution in [1.82, 2.24) is 15.5 Å². The van der Waals surface area contributed by atoms with Gasteiger partial charge in [-0.1, -0.05) is 12.1 Å². The third-order valence-corrected chi connectivity index (χ3v) is 4.12. The second-order valence-corrected chi connectivity index (χ2v) is 7.91. The van der Waals surface area contributed by atoms with Gasteiger partial charge in [-0.25, -0.2) is 9.79 Å². The third-order valence-electron chi connectivity index (χ3n) is 4.12. The van der Waals surface area contributed by atoms with Crippen LogP contribution >= 0.6 is 0 Å². The Morgan fingerprint density at radius 3 is 2.48 bits per heavy atom. The Morgan fingerprint density at radius 2 is 1.90 bits per heavy atom. The van der Waals surface area contributed by atoms with Crippen molar-refractivity contribution >= 4 is 12.1 Å². The Bertz CT molecular complexity index is 664. The number of methoxy groups -OCH3 is 1. The number of nitrogens with one attached hydrogen (secondary N) is 2. The van der Waals surface area contributed by atoms with E-state index in [9.17, 15) is 4.79 Å². The molecule has 0 unspecified atom stereocenters. The number of hydrogen-bond acceptors (Lipinski definition) is 5. The molecule has 0 atom stereocenters. The number of ether oxygens (including phenoxy) is 3. The van der Waals surface area contributed by atoms with E-state index < -0.39 is 5.60 Å². The molecule has 1 saturated heterocycles. The SMILES string of the molecule is CCNC(=NCc1ccc(OCCOC)cc1)NC1CN(C(=O)OC(C)(C)C)C1. The Labute approximate surface area is 173 Å². The van der Waals surface area contributed by atoms with Crippen LogP contribution in [0.2, 0.25) is 0 Å². The Morgan fingerprint density at radius 1 is 1.21 bits per heavy atom. The molecule has 0 saturated carbocycles. The van der Waals surface area contributed by atoms with Gasteiger partial charge in [0.2, 0.25) is 0 Å². The van der Waals surface area contributed by atoms with Gasteiger partial charge in [0.15, 0.2) is 5.96 Å². The molecule has 1 aliphatic rings. The predicted octanol–water partition coefficient (Wildman–Crippen LogP) is 2.39. The van der Waals surface area contributed by atoms with E-state index in [1.54, 1.807) is 12.0 Å². The second-order valence-electron chi connectivity index (χ2n) is 7.91. The average Bonchev–Trinajstić information content (AvgIpc) is 2.62. The van der Waals surface area contributed by atoms with Crippen LogP contribution in [0.3, 0.4) is 0 Å². The third kappa shape index (κ3) is 8.19. The smallest absolute Gasteiger partial charge is 0.410 e. The molecule has 0 bridgehead atoms. The fourth-order valence-corrected chi connectivity index (χ4v) is 2.66. The molecule has 1 heterocycles.